The molecule has 0 amide bonds. The van der Waals surface area contributed by atoms with Gasteiger partial charge in [-0.05, 0) is 62.2 Å². The average molecular weight is 298 g/mol. The van der Waals surface area contributed by atoms with Crippen LogP contribution in [0.1, 0.15) is 38.7 Å². The smallest absolute Gasteiger partial charge is 0.127 e. The van der Waals surface area contributed by atoms with Crippen molar-refractivity contribution in [3.05, 3.63) is 34.6 Å². The summed E-state index contributed by atoms with van der Waals surface area (Å²) in [5.41, 5.74) is 0.703. The number of benzene rings is 1. The van der Waals surface area contributed by atoms with E-state index in [2.05, 4.69) is 19.2 Å². The van der Waals surface area contributed by atoms with Gasteiger partial charge in [0.05, 0.1) is 0 Å². The number of nitrogens with one attached hydrogen (secondary N) is 1. The van der Waals surface area contributed by atoms with E-state index in [1.165, 1.54) is 25.3 Å². The van der Waals surface area contributed by atoms with Crippen LogP contribution in [-0.2, 0) is 6.42 Å². The van der Waals surface area contributed by atoms with Gasteiger partial charge in [-0.25, -0.2) is 4.39 Å². The van der Waals surface area contributed by atoms with Gasteiger partial charge in [0, 0.05) is 10.6 Å². The van der Waals surface area contributed by atoms with E-state index >= 15 is 0 Å². The second-order valence-corrected chi connectivity index (χ2v) is 6.56. The molecule has 0 spiro atoms. The Labute approximate surface area is 126 Å². The monoisotopic (exact) mass is 297 g/mol. The summed E-state index contributed by atoms with van der Waals surface area (Å²) in [7, 11) is 0. The molecule has 112 valence electrons. The maximum atomic E-state index is 14.0. The molecule has 0 bridgehead atoms. The second kappa shape index (κ2) is 7.42. The second-order valence-electron chi connectivity index (χ2n) is 6.15. The van der Waals surface area contributed by atoms with E-state index < -0.39 is 0 Å². The van der Waals surface area contributed by atoms with Crippen molar-refractivity contribution in [2.45, 2.75) is 39.5 Å². The molecule has 1 aromatic rings. The Morgan fingerprint density at radius 1 is 1.30 bits per heavy atom. The Morgan fingerprint density at radius 2 is 2.10 bits per heavy atom. The van der Waals surface area contributed by atoms with Crippen LogP contribution in [0.2, 0.25) is 5.02 Å². The fourth-order valence-corrected chi connectivity index (χ4v) is 3.64. The highest BCUT2D eigenvalue weighted by molar-refractivity contribution is 6.31. The Hall–Kier alpha value is -0.600. The third-order valence-electron chi connectivity index (χ3n) is 4.59. The Morgan fingerprint density at radius 3 is 2.80 bits per heavy atom. The van der Waals surface area contributed by atoms with Gasteiger partial charge < -0.3 is 5.32 Å². The summed E-state index contributed by atoms with van der Waals surface area (Å²) in [5.74, 6) is 1.76. The minimum atomic E-state index is -0.155. The summed E-state index contributed by atoms with van der Waals surface area (Å²) in [5, 5.41) is 4.03. The van der Waals surface area contributed by atoms with Gasteiger partial charge in [-0.1, -0.05) is 37.9 Å². The molecule has 3 atom stereocenters. The summed E-state index contributed by atoms with van der Waals surface area (Å²) >= 11 is 6.18. The van der Waals surface area contributed by atoms with Crippen LogP contribution in [0.4, 0.5) is 4.39 Å². The summed E-state index contributed by atoms with van der Waals surface area (Å²) in [6, 6.07) is 5.00. The first kappa shape index (κ1) is 15.8. The number of halogens is 2. The molecule has 3 heteroatoms. The molecule has 1 saturated carbocycles. The predicted octanol–water partition coefficient (Wildman–Crippen LogP) is 4.68. The van der Waals surface area contributed by atoms with Gasteiger partial charge in [-0.2, -0.15) is 0 Å². The molecule has 3 unspecified atom stereocenters. The standard InChI is InChI=1S/C17H25ClFN/c1-3-20-11-13-8-7-12(2)9-14(13)10-15-16(18)5-4-6-17(15)19/h4-6,12-14,20H,3,7-11H2,1-2H3. The molecular weight excluding hydrogens is 273 g/mol. The zero-order valence-electron chi connectivity index (χ0n) is 12.5. The van der Waals surface area contributed by atoms with Crippen LogP contribution in [0.5, 0.6) is 0 Å². The molecule has 1 aromatic carbocycles. The molecule has 1 aliphatic rings. The van der Waals surface area contributed by atoms with Crippen LogP contribution in [-0.4, -0.2) is 13.1 Å². The minimum Gasteiger partial charge on any atom is -0.317 e. The average Bonchev–Trinajstić information content (AvgIpc) is 2.42. The normalized spacial score (nSPS) is 26.7. The van der Waals surface area contributed by atoms with E-state index in [4.69, 9.17) is 11.6 Å². The van der Waals surface area contributed by atoms with Crippen LogP contribution in [0, 0.1) is 23.6 Å². The summed E-state index contributed by atoms with van der Waals surface area (Å²) in [6.45, 7) is 6.48. The van der Waals surface area contributed by atoms with Crippen molar-refractivity contribution in [2.75, 3.05) is 13.1 Å². The van der Waals surface area contributed by atoms with Gasteiger partial charge in [0.1, 0.15) is 5.82 Å². The lowest BCUT2D eigenvalue weighted by Crippen LogP contribution is -2.33. The van der Waals surface area contributed by atoms with Crippen LogP contribution in [0.25, 0.3) is 0 Å². The molecule has 0 saturated heterocycles. The summed E-state index contributed by atoms with van der Waals surface area (Å²) in [6.07, 6.45) is 4.48. The fraction of sp³-hybridized carbons (Fsp3) is 0.647. The van der Waals surface area contributed by atoms with Crippen molar-refractivity contribution in [1.29, 1.82) is 0 Å². The zero-order chi connectivity index (χ0) is 14.5. The molecule has 2 rings (SSSR count). The van der Waals surface area contributed by atoms with Gasteiger partial charge >= 0.3 is 0 Å². The number of hydrogen-bond donors (Lipinski definition) is 1. The van der Waals surface area contributed by atoms with Crippen molar-refractivity contribution in [3.63, 3.8) is 0 Å². The summed E-state index contributed by atoms with van der Waals surface area (Å²) < 4.78 is 14.0. The van der Waals surface area contributed by atoms with Crippen molar-refractivity contribution >= 4 is 11.6 Å². The number of rotatable bonds is 5. The molecule has 0 radical (unpaired) electrons. The lowest BCUT2D eigenvalue weighted by molar-refractivity contribution is 0.183. The molecule has 1 fully saturated rings. The lowest BCUT2D eigenvalue weighted by atomic mass is 9.72. The van der Waals surface area contributed by atoms with E-state index in [0.717, 1.165) is 25.4 Å². The first-order valence-electron chi connectivity index (χ1n) is 7.75. The highest BCUT2D eigenvalue weighted by atomic mass is 35.5. The van der Waals surface area contributed by atoms with Crippen molar-refractivity contribution in [3.8, 4) is 0 Å². The van der Waals surface area contributed by atoms with Crippen LogP contribution in [0.15, 0.2) is 18.2 Å². The van der Waals surface area contributed by atoms with Gasteiger partial charge in [-0.15, -0.1) is 0 Å². The molecule has 0 aliphatic heterocycles. The Balaban J connectivity index is 2.10. The fourth-order valence-electron chi connectivity index (χ4n) is 3.40. The molecule has 1 aliphatic carbocycles. The maximum Gasteiger partial charge on any atom is 0.127 e. The molecule has 1 N–H and O–H groups in total. The number of hydrogen-bond acceptors (Lipinski definition) is 1. The SMILES string of the molecule is CCNCC1CCC(C)CC1Cc1c(F)cccc1Cl. The lowest BCUT2D eigenvalue weighted by Gasteiger charge is -2.35. The van der Waals surface area contributed by atoms with Crippen LogP contribution < -0.4 is 5.32 Å². The van der Waals surface area contributed by atoms with Crippen LogP contribution >= 0.6 is 11.6 Å². The predicted molar refractivity (Wildman–Crippen MR) is 83.7 cm³/mol. The maximum absolute atomic E-state index is 14.0. The minimum absolute atomic E-state index is 0.155. The van der Waals surface area contributed by atoms with E-state index in [0.29, 0.717) is 22.4 Å². The molecule has 0 heterocycles. The van der Waals surface area contributed by atoms with Gasteiger partial charge in [0.2, 0.25) is 0 Å². The Bertz CT molecular complexity index is 413. The van der Waals surface area contributed by atoms with E-state index in [9.17, 15) is 4.39 Å². The quantitative estimate of drug-likeness (QED) is 0.832. The third kappa shape index (κ3) is 3.95. The molecule has 0 aromatic heterocycles. The van der Waals surface area contributed by atoms with E-state index in [1.54, 1.807) is 12.1 Å². The van der Waals surface area contributed by atoms with Gasteiger partial charge in [-0.3, -0.25) is 0 Å². The molecule has 1 nitrogen and oxygen atoms in total. The van der Waals surface area contributed by atoms with Crippen molar-refractivity contribution < 1.29 is 4.39 Å². The van der Waals surface area contributed by atoms with Gasteiger partial charge in [0.15, 0.2) is 0 Å². The van der Waals surface area contributed by atoms with E-state index in [1.807, 2.05) is 0 Å². The molecular formula is C17H25ClFN. The Kier molecular flexibility index (Phi) is 5.86. The third-order valence-corrected chi connectivity index (χ3v) is 4.94. The highest BCUT2D eigenvalue weighted by Gasteiger charge is 2.29. The largest absolute Gasteiger partial charge is 0.317 e. The van der Waals surface area contributed by atoms with Crippen molar-refractivity contribution in [2.24, 2.45) is 17.8 Å². The van der Waals surface area contributed by atoms with E-state index in [-0.39, 0.29) is 5.82 Å². The van der Waals surface area contributed by atoms with Crippen LogP contribution in [0.3, 0.4) is 0 Å². The first-order chi connectivity index (χ1) is 9.61. The first-order valence-corrected chi connectivity index (χ1v) is 8.13. The summed E-state index contributed by atoms with van der Waals surface area (Å²) in [4.78, 5) is 0. The van der Waals surface area contributed by atoms with Gasteiger partial charge in [0.25, 0.3) is 0 Å². The van der Waals surface area contributed by atoms with Crippen molar-refractivity contribution in [1.82, 2.24) is 5.32 Å². The zero-order valence-corrected chi connectivity index (χ0v) is 13.2. The highest BCUT2D eigenvalue weighted by Crippen LogP contribution is 2.37. The molecule has 20 heavy (non-hydrogen) atoms. The topological polar surface area (TPSA) is 12.0 Å².